The van der Waals surface area contributed by atoms with Gasteiger partial charge in [0.1, 0.15) is 0 Å². The molecule has 0 aromatic rings. The maximum atomic E-state index is 4.42. The van der Waals surface area contributed by atoms with Crippen molar-refractivity contribution in [1.82, 2.24) is 5.32 Å². The van der Waals surface area contributed by atoms with Gasteiger partial charge in [-0.25, -0.2) is 0 Å². The van der Waals surface area contributed by atoms with Crippen LogP contribution in [0.1, 0.15) is 33.1 Å². The largest absolute Gasteiger partial charge is 0.374 e. The van der Waals surface area contributed by atoms with E-state index in [0.717, 1.165) is 25.4 Å². The normalized spacial score (nSPS) is 24.5. The van der Waals surface area contributed by atoms with E-state index in [1.54, 1.807) is 0 Å². The summed E-state index contributed by atoms with van der Waals surface area (Å²) < 4.78 is 0. The lowest BCUT2D eigenvalue weighted by Gasteiger charge is -2.18. The lowest BCUT2D eigenvalue weighted by molar-refractivity contribution is 0.529. The van der Waals surface area contributed by atoms with E-state index in [0.29, 0.717) is 0 Å². The smallest absolute Gasteiger partial charge is 0.0965 e. The molecule has 1 N–H and O–H groups in total. The van der Waals surface area contributed by atoms with Crippen LogP contribution in [0, 0.1) is 5.92 Å². The molecule has 0 saturated heterocycles. The molecule has 64 valence electrons. The first kappa shape index (κ1) is 8.57. The fourth-order valence-electron chi connectivity index (χ4n) is 1.31. The summed E-state index contributed by atoms with van der Waals surface area (Å²) in [5.74, 6) is 2.05. The Morgan fingerprint density at radius 3 is 3.09 bits per heavy atom. The van der Waals surface area contributed by atoms with Crippen LogP contribution in [0.2, 0.25) is 0 Å². The summed E-state index contributed by atoms with van der Waals surface area (Å²) in [7, 11) is 0. The van der Waals surface area contributed by atoms with Crippen molar-refractivity contribution in [1.29, 1.82) is 0 Å². The number of hydrogen-bond acceptors (Lipinski definition) is 2. The van der Waals surface area contributed by atoms with Gasteiger partial charge in [0.15, 0.2) is 0 Å². The molecule has 2 heteroatoms. The monoisotopic (exact) mass is 154 g/mol. The number of hydrogen-bond donors (Lipinski definition) is 1. The van der Waals surface area contributed by atoms with Crippen molar-refractivity contribution in [2.24, 2.45) is 10.9 Å². The molecule has 0 spiro atoms. The zero-order valence-electron chi connectivity index (χ0n) is 7.56. The van der Waals surface area contributed by atoms with Crippen LogP contribution in [0.25, 0.3) is 0 Å². The SMILES string of the molecule is CCCNC1=NCCC(C)C1. The Bertz CT molecular complexity index is 140. The highest BCUT2D eigenvalue weighted by Crippen LogP contribution is 2.12. The molecule has 0 bridgehead atoms. The van der Waals surface area contributed by atoms with Crippen LogP contribution in [0.5, 0.6) is 0 Å². The highest BCUT2D eigenvalue weighted by Gasteiger charge is 2.10. The van der Waals surface area contributed by atoms with E-state index < -0.39 is 0 Å². The summed E-state index contributed by atoms with van der Waals surface area (Å²) in [5, 5.41) is 3.35. The average Bonchev–Trinajstić information content (AvgIpc) is 2.01. The highest BCUT2D eigenvalue weighted by atomic mass is 15.0. The topological polar surface area (TPSA) is 24.4 Å². The van der Waals surface area contributed by atoms with Crippen molar-refractivity contribution >= 4 is 5.84 Å². The van der Waals surface area contributed by atoms with E-state index in [1.165, 1.54) is 18.7 Å². The molecule has 0 saturated carbocycles. The average molecular weight is 154 g/mol. The fraction of sp³-hybridized carbons (Fsp3) is 0.889. The number of nitrogens with zero attached hydrogens (tertiary/aromatic N) is 1. The number of aliphatic imine (C=N–C) groups is 1. The van der Waals surface area contributed by atoms with Gasteiger partial charge >= 0.3 is 0 Å². The Balaban J connectivity index is 2.27. The van der Waals surface area contributed by atoms with Crippen molar-refractivity contribution in [3.63, 3.8) is 0 Å². The molecule has 2 nitrogen and oxygen atoms in total. The van der Waals surface area contributed by atoms with Gasteiger partial charge in [-0.3, -0.25) is 4.99 Å². The molecule has 1 aliphatic rings. The molecule has 1 atom stereocenters. The summed E-state index contributed by atoms with van der Waals surface area (Å²) in [4.78, 5) is 4.42. The van der Waals surface area contributed by atoms with Gasteiger partial charge in [0, 0.05) is 19.5 Å². The molecule has 1 unspecified atom stereocenters. The molecule has 1 heterocycles. The molecule has 0 amide bonds. The molecular weight excluding hydrogens is 136 g/mol. The summed E-state index contributed by atoms with van der Waals surface area (Å²) in [6, 6.07) is 0. The van der Waals surface area contributed by atoms with Crippen LogP contribution >= 0.6 is 0 Å². The molecule has 0 fully saturated rings. The van der Waals surface area contributed by atoms with Crippen molar-refractivity contribution in [2.75, 3.05) is 13.1 Å². The van der Waals surface area contributed by atoms with Gasteiger partial charge < -0.3 is 5.32 Å². The summed E-state index contributed by atoms with van der Waals surface area (Å²) in [5.41, 5.74) is 0. The predicted molar refractivity (Wildman–Crippen MR) is 49.0 cm³/mol. The zero-order chi connectivity index (χ0) is 8.10. The maximum Gasteiger partial charge on any atom is 0.0965 e. The van der Waals surface area contributed by atoms with E-state index in [1.807, 2.05) is 0 Å². The summed E-state index contributed by atoms with van der Waals surface area (Å²) in [6.45, 7) is 6.57. The van der Waals surface area contributed by atoms with Gasteiger partial charge in [-0.05, 0) is 18.8 Å². The Labute approximate surface area is 69.1 Å². The Kier molecular flexibility index (Phi) is 3.40. The molecule has 0 radical (unpaired) electrons. The number of amidine groups is 1. The molecule has 0 aliphatic carbocycles. The van der Waals surface area contributed by atoms with Crippen molar-refractivity contribution in [2.45, 2.75) is 33.1 Å². The molecule has 0 aromatic heterocycles. The lowest BCUT2D eigenvalue weighted by atomic mass is 10.0. The third kappa shape index (κ3) is 2.91. The maximum absolute atomic E-state index is 4.42. The lowest BCUT2D eigenvalue weighted by Crippen LogP contribution is -2.29. The van der Waals surface area contributed by atoms with E-state index in [4.69, 9.17) is 0 Å². The highest BCUT2D eigenvalue weighted by molar-refractivity contribution is 5.82. The van der Waals surface area contributed by atoms with Crippen molar-refractivity contribution in [3.8, 4) is 0 Å². The minimum Gasteiger partial charge on any atom is -0.374 e. The minimum absolute atomic E-state index is 0.826. The van der Waals surface area contributed by atoms with Crippen LogP contribution in [0.3, 0.4) is 0 Å². The Morgan fingerprint density at radius 2 is 2.45 bits per heavy atom. The molecule has 0 aromatic carbocycles. The van der Waals surface area contributed by atoms with E-state index in [9.17, 15) is 0 Å². The number of nitrogens with one attached hydrogen (secondary N) is 1. The van der Waals surface area contributed by atoms with Crippen LogP contribution < -0.4 is 5.32 Å². The molecule has 1 aliphatic heterocycles. The van der Waals surface area contributed by atoms with Crippen molar-refractivity contribution in [3.05, 3.63) is 0 Å². The van der Waals surface area contributed by atoms with Gasteiger partial charge in [0.2, 0.25) is 0 Å². The standard InChI is InChI=1S/C9H18N2/c1-3-5-10-9-7-8(2)4-6-11-9/h8H,3-7H2,1-2H3,(H,10,11). The van der Waals surface area contributed by atoms with E-state index >= 15 is 0 Å². The molecule has 1 rings (SSSR count). The van der Waals surface area contributed by atoms with Gasteiger partial charge in [-0.1, -0.05) is 13.8 Å². The van der Waals surface area contributed by atoms with Gasteiger partial charge in [0.25, 0.3) is 0 Å². The van der Waals surface area contributed by atoms with Crippen molar-refractivity contribution < 1.29 is 0 Å². The third-order valence-corrected chi connectivity index (χ3v) is 2.05. The van der Waals surface area contributed by atoms with E-state index in [2.05, 4.69) is 24.2 Å². The summed E-state index contributed by atoms with van der Waals surface area (Å²) >= 11 is 0. The first-order chi connectivity index (χ1) is 5.33. The van der Waals surface area contributed by atoms with Crippen LogP contribution in [0.4, 0.5) is 0 Å². The van der Waals surface area contributed by atoms with Crippen LogP contribution in [0.15, 0.2) is 4.99 Å². The number of rotatable bonds is 2. The zero-order valence-corrected chi connectivity index (χ0v) is 7.56. The molecular formula is C9H18N2. The van der Waals surface area contributed by atoms with E-state index in [-0.39, 0.29) is 0 Å². The Morgan fingerprint density at radius 1 is 1.64 bits per heavy atom. The van der Waals surface area contributed by atoms with Gasteiger partial charge in [0.05, 0.1) is 5.84 Å². The molecule has 11 heavy (non-hydrogen) atoms. The Hall–Kier alpha value is -0.530. The fourth-order valence-corrected chi connectivity index (χ4v) is 1.31. The third-order valence-electron chi connectivity index (χ3n) is 2.05. The minimum atomic E-state index is 0.826. The van der Waals surface area contributed by atoms with Crippen LogP contribution in [-0.4, -0.2) is 18.9 Å². The second-order valence-corrected chi connectivity index (χ2v) is 3.35. The first-order valence-electron chi connectivity index (χ1n) is 4.60. The summed E-state index contributed by atoms with van der Waals surface area (Å²) in [6.07, 6.45) is 3.60. The second kappa shape index (κ2) is 4.37. The van der Waals surface area contributed by atoms with Crippen LogP contribution in [-0.2, 0) is 0 Å². The van der Waals surface area contributed by atoms with Gasteiger partial charge in [-0.15, -0.1) is 0 Å². The first-order valence-corrected chi connectivity index (χ1v) is 4.60. The van der Waals surface area contributed by atoms with Gasteiger partial charge in [-0.2, -0.15) is 0 Å². The second-order valence-electron chi connectivity index (χ2n) is 3.35. The predicted octanol–water partition coefficient (Wildman–Crippen LogP) is 1.81. The quantitative estimate of drug-likeness (QED) is 0.644.